The fourth-order valence-corrected chi connectivity index (χ4v) is 3.35. The number of carbonyl (C=O) groups excluding carboxylic acids is 1. The molecule has 0 aliphatic rings. The molecule has 0 saturated carbocycles. The number of rotatable bonds is 6. The molecule has 1 amide bonds. The van der Waals surface area contributed by atoms with Crippen LogP contribution in [0.2, 0.25) is 0 Å². The highest BCUT2D eigenvalue weighted by Crippen LogP contribution is 2.30. The summed E-state index contributed by atoms with van der Waals surface area (Å²) in [6, 6.07) is 13.2. The van der Waals surface area contributed by atoms with Gasteiger partial charge in [-0.3, -0.25) is 9.69 Å². The highest BCUT2D eigenvalue weighted by atomic mass is 32.1. The molecule has 0 unspecified atom stereocenters. The maximum Gasteiger partial charge on any atom is 0.260 e. The molecule has 3 aromatic rings. The van der Waals surface area contributed by atoms with Gasteiger partial charge in [0.1, 0.15) is 16.6 Å². The number of amides is 1. The van der Waals surface area contributed by atoms with Crippen LogP contribution in [0.5, 0.6) is 5.75 Å². The van der Waals surface area contributed by atoms with Crippen molar-refractivity contribution in [2.45, 2.75) is 13.3 Å². The Morgan fingerprint density at radius 2 is 2.00 bits per heavy atom. The summed E-state index contributed by atoms with van der Waals surface area (Å²) in [7, 11) is 1.56. The molecule has 1 heterocycles. The summed E-state index contributed by atoms with van der Waals surface area (Å²) in [4.78, 5) is 14.5. The quantitative estimate of drug-likeness (QED) is 0.644. The van der Waals surface area contributed by atoms with E-state index in [0.29, 0.717) is 33.6 Å². The Balaban J connectivity index is 1.91. The molecule has 0 saturated heterocycles. The van der Waals surface area contributed by atoms with E-state index in [-0.39, 0.29) is 11.7 Å². The standard InChI is InChI=1S/C19H18FN3O2S/c1-3-10-23(18(24)14-7-5-9-16(12-14)25-2)19-22-21-17(26-19)13-6-4-8-15(20)11-13/h4-9,11-12H,3,10H2,1-2H3. The Hall–Kier alpha value is -2.80. The largest absolute Gasteiger partial charge is 0.497 e. The van der Waals surface area contributed by atoms with Crippen molar-refractivity contribution in [2.24, 2.45) is 0 Å². The number of halogens is 1. The molecule has 0 bridgehead atoms. The van der Waals surface area contributed by atoms with Crippen LogP contribution in [0.25, 0.3) is 10.6 Å². The average Bonchev–Trinajstić information content (AvgIpc) is 3.15. The molecule has 0 N–H and O–H groups in total. The number of hydrogen-bond donors (Lipinski definition) is 0. The number of hydrogen-bond acceptors (Lipinski definition) is 5. The number of benzene rings is 2. The Morgan fingerprint density at radius 3 is 2.73 bits per heavy atom. The van der Waals surface area contributed by atoms with E-state index in [2.05, 4.69) is 10.2 Å². The zero-order valence-corrected chi connectivity index (χ0v) is 15.3. The average molecular weight is 371 g/mol. The first-order chi connectivity index (χ1) is 12.6. The van der Waals surface area contributed by atoms with Crippen LogP contribution in [0.4, 0.5) is 9.52 Å². The summed E-state index contributed by atoms with van der Waals surface area (Å²) in [6.07, 6.45) is 0.768. The minimum Gasteiger partial charge on any atom is -0.497 e. The van der Waals surface area contributed by atoms with Gasteiger partial charge >= 0.3 is 0 Å². The summed E-state index contributed by atoms with van der Waals surface area (Å²) in [5, 5.41) is 9.33. The third-order valence-electron chi connectivity index (χ3n) is 3.73. The van der Waals surface area contributed by atoms with Crippen molar-refractivity contribution in [2.75, 3.05) is 18.6 Å². The van der Waals surface area contributed by atoms with Gasteiger partial charge in [0.25, 0.3) is 5.91 Å². The number of methoxy groups -OCH3 is 1. The van der Waals surface area contributed by atoms with Crippen molar-refractivity contribution < 1.29 is 13.9 Å². The van der Waals surface area contributed by atoms with Gasteiger partial charge in [-0.2, -0.15) is 0 Å². The van der Waals surface area contributed by atoms with Crippen LogP contribution in [-0.4, -0.2) is 29.8 Å². The molecule has 134 valence electrons. The second kappa shape index (κ2) is 8.05. The third-order valence-corrected chi connectivity index (χ3v) is 4.72. The summed E-state index contributed by atoms with van der Waals surface area (Å²) in [5.41, 5.74) is 1.15. The van der Waals surface area contributed by atoms with Gasteiger partial charge in [-0.1, -0.05) is 36.5 Å². The molecule has 26 heavy (non-hydrogen) atoms. The van der Waals surface area contributed by atoms with Crippen molar-refractivity contribution in [1.29, 1.82) is 0 Å². The lowest BCUT2D eigenvalue weighted by molar-refractivity contribution is 0.0986. The van der Waals surface area contributed by atoms with Crippen LogP contribution < -0.4 is 9.64 Å². The van der Waals surface area contributed by atoms with Gasteiger partial charge in [0.15, 0.2) is 0 Å². The van der Waals surface area contributed by atoms with Gasteiger partial charge in [-0.25, -0.2) is 4.39 Å². The lowest BCUT2D eigenvalue weighted by atomic mass is 10.2. The molecule has 2 aromatic carbocycles. The zero-order chi connectivity index (χ0) is 18.5. The van der Waals surface area contributed by atoms with Gasteiger partial charge in [-0.15, -0.1) is 10.2 Å². The molecule has 3 rings (SSSR count). The van der Waals surface area contributed by atoms with Crippen molar-refractivity contribution in [3.63, 3.8) is 0 Å². The second-order valence-electron chi connectivity index (χ2n) is 5.59. The predicted molar refractivity (Wildman–Crippen MR) is 100 cm³/mol. The van der Waals surface area contributed by atoms with Gasteiger partial charge in [0.05, 0.1) is 7.11 Å². The van der Waals surface area contributed by atoms with Gasteiger partial charge < -0.3 is 4.74 Å². The number of anilines is 1. The van der Waals surface area contributed by atoms with Crippen molar-refractivity contribution in [3.05, 3.63) is 59.9 Å². The van der Waals surface area contributed by atoms with E-state index in [0.717, 1.165) is 6.42 Å². The van der Waals surface area contributed by atoms with Crippen LogP contribution in [0.1, 0.15) is 23.7 Å². The molecule has 0 radical (unpaired) electrons. The van der Waals surface area contributed by atoms with Gasteiger partial charge in [-0.05, 0) is 36.8 Å². The Labute approximate surface area is 155 Å². The molecular formula is C19H18FN3O2S. The lowest BCUT2D eigenvalue weighted by Gasteiger charge is -2.18. The summed E-state index contributed by atoms with van der Waals surface area (Å²) < 4.78 is 18.6. The fraction of sp³-hybridized carbons (Fsp3) is 0.211. The van der Waals surface area contributed by atoms with Crippen molar-refractivity contribution >= 4 is 22.4 Å². The number of nitrogens with zero attached hydrogens (tertiary/aromatic N) is 3. The summed E-state index contributed by atoms with van der Waals surface area (Å²) in [6.45, 7) is 2.49. The molecule has 0 aliphatic carbocycles. The molecule has 0 aliphatic heterocycles. The van der Waals surface area contributed by atoms with Crippen molar-refractivity contribution in [1.82, 2.24) is 10.2 Å². The highest BCUT2D eigenvalue weighted by Gasteiger charge is 2.21. The van der Waals surface area contributed by atoms with Crippen LogP contribution in [0.15, 0.2) is 48.5 Å². The van der Waals surface area contributed by atoms with E-state index in [9.17, 15) is 9.18 Å². The third kappa shape index (κ3) is 3.88. The van der Waals surface area contributed by atoms with E-state index in [1.165, 1.54) is 23.5 Å². The van der Waals surface area contributed by atoms with Crippen LogP contribution >= 0.6 is 11.3 Å². The minimum atomic E-state index is -0.336. The Kier molecular flexibility index (Phi) is 5.58. The number of ether oxygens (including phenoxy) is 1. The second-order valence-corrected chi connectivity index (χ2v) is 6.54. The van der Waals surface area contributed by atoms with E-state index < -0.39 is 0 Å². The lowest BCUT2D eigenvalue weighted by Crippen LogP contribution is -2.31. The normalized spacial score (nSPS) is 10.6. The molecule has 1 aromatic heterocycles. The van der Waals surface area contributed by atoms with E-state index in [1.54, 1.807) is 48.4 Å². The predicted octanol–water partition coefficient (Wildman–Crippen LogP) is 4.41. The zero-order valence-electron chi connectivity index (χ0n) is 14.5. The van der Waals surface area contributed by atoms with Crippen LogP contribution in [0, 0.1) is 5.82 Å². The highest BCUT2D eigenvalue weighted by molar-refractivity contribution is 7.18. The fourth-order valence-electron chi connectivity index (χ4n) is 2.48. The molecule has 0 atom stereocenters. The number of carbonyl (C=O) groups is 1. The van der Waals surface area contributed by atoms with E-state index >= 15 is 0 Å². The Bertz CT molecular complexity index is 913. The number of aromatic nitrogens is 2. The van der Waals surface area contributed by atoms with Crippen LogP contribution in [0.3, 0.4) is 0 Å². The maximum absolute atomic E-state index is 13.4. The monoisotopic (exact) mass is 371 g/mol. The molecule has 0 fully saturated rings. The topological polar surface area (TPSA) is 55.3 Å². The molecule has 0 spiro atoms. The van der Waals surface area contributed by atoms with Crippen molar-refractivity contribution in [3.8, 4) is 16.3 Å². The minimum absolute atomic E-state index is 0.173. The van der Waals surface area contributed by atoms with Crippen LogP contribution in [-0.2, 0) is 0 Å². The molecular weight excluding hydrogens is 353 g/mol. The SMILES string of the molecule is CCCN(C(=O)c1cccc(OC)c1)c1nnc(-c2cccc(F)c2)s1. The summed E-state index contributed by atoms with van der Waals surface area (Å²) >= 11 is 1.26. The molecule has 5 nitrogen and oxygen atoms in total. The molecule has 7 heteroatoms. The first kappa shape index (κ1) is 18.0. The Morgan fingerprint density at radius 1 is 1.19 bits per heavy atom. The van der Waals surface area contributed by atoms with Gasteiger partial charge in [0, 0.05) is 17.7 Å². The smallest absolute Gasteiger partial charge is 0.260 e. The first-order valence-corrected chi connectivity index (χ1v) is 8.99. The maximum atomic E-state index is 13.4. The first-order valence-electron chi connectivity index (χ1n) is 8.17. The van der Waals surface area contributed by atoms with E-state index in [1.807, 2.05) is 6.92 Å². The van der Waals surface area contributed by atoms with Gasteiger partial charge in [0.2, 0.25) is 5.13 Å². The van der Waals surface area contributed by atoms with E-state index in [4.69, 9.17) is 4.74 Å². The summed E-state index contributed by atoms with van der Waals surface area (Å²) in [5.74, 6) is 0.106.